The zero-order chi connectivity index (χ0) is 13.0. The fourth-order valence-corrected chi connectivity index (χ4v) is 2.76. The molecule has 2 rings (SSSR count). The molecule has 0 aromatic carbocycles. The predicted octanol–water partition coefficient (Wildman–Crippen LogP) is 2.71. The van der Waals surface area contributed by atoms with E-state index in [1.54, 1.807) is 12.4 Å². The van der Waals surface area contributed by atoms with Crippen LogP contribution in [0.1, 0.15) is 17.4 Å². The summed E-state index contributed by atoms with van der Waals surface area (Å²) in [6.45, 7) is 3.59. The van der Waals surface area contributed by atoms with Crippen LogP contribution in [-0.2, 0) is 13.2 Å². The van der Waals surface area contributed by atoms with Crippen molar-refractivity contribution in [3.63, 3.8) is 0 Å². The van der Waals surface area contributed by atoms with Crippen LogP contribution in [0.25, 0.3) is 0 Å². The van der Waals surface area contributed by atoms with Gasteiger partial charge in [-0.2, -0.15) is 0 Å². The van der Waals surface area contributed by atoms with Crippen molar-refractivity contribution < 1.29 is 5.11 Å². The highest BCUT2D eigenvalue weighted by atomic mass is 35.5. The van der Waals surface area contributed by atoms with Gasteiger partial charge < -0.3 is 10.0 Å². The molecule has 0 spiro atoms. The molecule has 0 aliphatic rings. The number of aliphatic hydroxyl groups is 1. The normalized spacial score (nSPS) is 10.6. The summed E-state index contributed by atoms with van der Waals surface area (Å²) in [5.74, 6) is 0. The molecule has 18 heavy (non-hydrogen) atoms. The summed E-state index contributed by atoms with van der Waals surface area (Å²) in [6, 6.07) is 3.95. The van der Waals surface area contributed by atoms with Gasteiger partial charge in [-0.3, -0.25) is 4.98 Å². The number of aliphatic hydroxyl groups excluding tert-OH is 1. The minimum absolute atomic E-state index is 0.0662. The van der Waals surface area contributed by atoms with Gasteiger partial charge in [-0.05, 0) is 24.6 Å². The van der Waals surface area contributed by atoms with Crippen LogP contribution in [0.5, 0.6) is 0 Å². The molecule has 2 aromatic rings. The molecule has 1 N–H and O–H groups in total. The summed E-state index contributed by atoms with van der Waals surface area (Å²) in [7, 11) is 0. The lowest BCUT2D eigenvalue weighted by molar-refractivity contribution is 0.285. The van der Waals surface area contributed by atoms with E-state index >= 15 is 0 Å². The number of halogens is 1. The minimum atomic E-state index is -0.0662. The van der Waals surface area contributed by atoms with Crippen LogP contribution in [0.2, 0.25) is 5.15 Å². The summed E-state index contributed by atoms with van der Waals surface area (Å²) in [6.07, 6.45) is 3.55. The van der Waals surface area contributed by atoms with E-state index in [1.807, 2.05) is 12.1 Å². The second kappa shape index (κ2) is 6.13. The number of anilines is 1. The average Bonchev–Trinajstić information content (AvgIpc) is 2.78. The maximum atomic E-state index is 9.14. The second-order valence-corrected chi connectivity index (χ2v) is 5.16. The zero-order valence-corrected chi connectivity index (χ0v) is 11.6. The number of hydrogen-bond acceptors (Lipinski definition) is 5. The van der Waals surface area contributed by atoms with Crippen molar-refractivity contribution >= 4 is 28.1 Å². The van der Waals surface area contributed by atoms with Gasteiger partial charge in [-0.25, -0.2) is 4.98 Å². The maximum absolute atomic E-state index is 9.14. The molecule has 0 fully saturated rings. The van der Waals surface area contributed by atoms with E-state index in [9.17, 15) is 0 Å². The SMILES string of the molecule is CCN(Cc1ccncc1)c1nc(Cl)c(CO)s1. The van der Waals surface area contributed by atoms with E-state index in [0.29, 0.717) is 10.0 Å². The third-order valence-corrected chi connectivity index (χ3v) is 4.08. The van der Waals surface area contributed by atoms with Gasteiger partial charge in [0.15, 0.2) is 5.13 Å². The first-order valence-corrected chi connectivity index (χ1v) is 6.84. The molecule has 0 saturated carbocycles. The largest absolute Gasteiger partial charge is 0.391 e. The molecule has 0 aliphatic carbocycles. The van der Waals surface area contributed by atoms with Gasteiger partial charge in [0.2, 0.25) is 0 Å². The highest BCUT2D eigenvalue weighted by Crippen LogP contribution is 2.30. The molecule has 0 atom stereocenters. The Morgan fingerprint density at radius 3 is 2.67 bits per heavy atom. The van der Waals surface area contributed by atoms with Gasteiger partial charge in [0.25, 0.3) is 0 Å². The summed E-state index contributed by atoms with van der Waals surface area (Å²) in [5, 5.41) is 10.4. The molecule has 2 aromatic heterocycles. The number of hydrogen-bond donors (Lipinski definition) is 1. The number of nitrogens with zero attached hydrogens (tertiary/aromatic N) is 3. The van der Waals surface area contributed by atoms with Crippen molar-refractivity contribution in [1.29, 1.82) is 0 Å². The van der Waals surface area contributed by atoms with Gasteiger partial charge in [0, 0.05) is 25.5 Å². The predicted molar refractivity (Wildman–Crippen MR) is 74.0 cm³/mol. The van der Waals surface area contributed by atoms with Gasteiger partial charge >= 0.3 is 0 Å². The monoisotopic (exact) mass is 283 g/mol. The van der Waals surface area contributed by atoms with E-state index in [0.717, 1.165) is 18.2 Å². The van der Waals surface area contributed by atoms with Crippen molar-refractivity contribution in [2.75, 3.05) is 11.4 Å². The number of pyridine rings is 1. The van der Waals surface area contributed by atoms with E-state index < -0.39 is 0 Å². The molecular formula is C12H14ClN3OS. The average molecular weight is 284 g/mol. The Bertz CT molecular complexity index is 503. The van der Waals surface area contributed by atoms with Crippen LogP contribution in [0.15, 0.2) is 24.5 Å². The van der Waals surface area contributed by atoms with Crippen molar-refractivity contribution in [2.45, 2.75) is 20.1 Å². The van der Waals surface area contributed by atoms with Crippen LogP contribution in [0, 0.1) is 0 Å². The molecule has 0 aliphatic heterocycles. The topological polar surface area (TPSA) is 49.2 Å². The number of aromatic nitrogens is 2. The molecule has 0 saturated heterocycles. The van der Waals surface area contributed by atoms with Crippen LogP contribution < -0.4 is 4.90 Å². The van der Waals surface area contributed by atoms with Gasteiger partial charge in [-0.15, -0.1) is 0 Å². The first kappa shape index (κ1) is 13.3. The fraction of sp³-hybridized carbons (Fsp3) is 0.333. The van der Waals surface area contributed by atoms with Crippen LogP contribution >= 0.6 is 22.9 Å². The zero-order valence-electron chi connectivity index (χ0n) is 10.0. The summed E-state index contributed by atoms with van der Waals surface area (Å²) in [4.78, 5) is 11.1. The van der Waals surface area contributed by atoms with E-state index in [4.69, 9.17) is 16.7 Å². The molecule has 96 valence electrons. The lowest BCUT2D eigenvalue weighted by atomic mass is 10.2. The summed E-state index contributed by atoms with van der Waals surface area (Å²) < 4.78 is 0. The third-order valence-electron chi connectivity index (χ3n) is 2.56. The Kier molecular flexibility index (Phi) is 4.52. The molecule has 2 heterocycles. The van der Waals surface area contributed by atoms with Gasteiger partial charge in [0.1, 0.15) is 5.15 Å². The lowest BCUT2D eigenvalue weighted by Crippen LogP contribution is -2.21. The van der Waals surface area contributed by atoms with Crippen molar-refractivity contribution in [1.82, 2.24) is 9.97 Å². The van der Waals surface area contributed by atoms with Crippen molar-refractivity contribution in [2.24, 2.45) is 0 Å². The third kappa shape index (κ3) is 2.98. The minimum Gasteiger partial charge on any atom is -0.391 e. The Balaban J connectivity index is 2.17. The van der Waals surface area contributed by atoms with Crippen LogP contribution in [0.4, 0.5) is 5.13 Å². The summed E-state index contributed by atoms with van der Waals surface area (Å²) >= 11 is 7.38. The Morgan fingerprint density at radius 2 is 2.11 bits per heavy atom. The first-order chi connectivity index (χ1) is 8.74. The van der Waals surface area contributed by atoms with E-state index in [2.05, 4.69) is 21.8 Å². The molecule has 0 bridgehead atoms. The van der Waals surface area contributed by atoms with Crippen LogP contribution in [-0.4, -0.2) is 21.6 Å². The van der Waals surface area contributed by atoms with E-state index in [-0.39, 0.29) is 6.61 Å². The quantitative estimate of drug-likeness (QED) is 0.917. The molecule has 4 nitrogen and oxygen atoms in total. The second-order valence-electron chi connectivity index (χ2n) is 3.74. The van der Waals surface area contributed by atoms with Crippen molar-refractivity contribution in [3.05, 3.63) is 40.1 Å². The molecule has 0 radical (unpaired) electrons. The fourth-order valence-electron chi connectivity index (χ4n) is 1.58. The lowest BCUT2D eigenvalue weighted by Gasteiger charge is -2.19. The maximum Gasteiger partial charge on any atom is 0.187 e. The first-order valence-electron chi connectivity index (χ1n) is 5.64. The number of thiazole rings is 1. The Hall–Kier alpha value is -1.17. The van der Waals surface area contributed by atoms with Crippen molar-refractivity contribution in [3.8, 4) is 0 Å². The molecule has 6 heteroatoms. The standard InChI is InChI=1S/C12H14ClN3OS/c1-2-16(7-9-3-5-14-6-4-9)12-15-11(13)10(8-17)18-12/h3-6,17H,2,7-8H2,1H3. The molecule has 0 unspecified atom stereocenters. The Morgan fingerprint density at radius 1 is 1.39 bits per heavy atom. The highest BCUT2D eigenvalue weighted by molar-refractivity contribution is 7.16. The highest BCUT2D eigenvalue weighted by Gasteiger charge is 2.13. The van der Waals surface area contributed by atoms with Crippen LogP contribution in [0.3, 0.4) is 0 Å². The number of rotatable bonds is 5. The molecule has 0 amide bonds. The Labute approximate surface area is 115 Å². The van der Waals surface area contributed by atoms with Gasteiger partial charge in [0.05, 0.1) is 11.5 Å². The molecular weight excluding hydrogens is 270 g/mol. The smallest absolute Gasteiger partial charge is 0.187 e. The van der Waals surface area contributed by atoms with E-state index in [1.165, 1.54) is 16.9 Å². The summed E-state index contributed by atoms with van der Waals surface area (Å²) in [5.41, 5.74) is 1.17. The van der Waals surface area contributed by atoms with Gasteiger partial charge in [-0.1, -0.05) is 22.9 Å².